The molecular weight excluding hydrogens is 235 g/mol. The first-order chi connectivity index (χ1) is 8.84. The quantitative estimate of drug-likeness (QED) is 0.829. The summed E-state index contributed by atoms with van der Waals surface area (Å²) in [7, 11) is 0. The second-order valence-electron chi connectivity index (χ2n) is 4.50. The maximum atomic E-state index is 13.7. The van der Waals surface area contributed by atoms with Crippen molar-refractivity contribution in [2.45, 2.75) is 12.6 Å². The smallest absolute Gasteiger partial charge is 0.180 e. The van der Waals surface area contributed by atoms with Crippen LogP contribution in [0.1, 0.15) is 6.42 Å². The molecule has 0 saturated carbocycles. The number of hydrogen-bond donors (Lipinski definition) is 2. The average molecular weight is 250 g/mol. The third kappa shape index (κ3) is 2.13. The molecule has 1 fully saturated rings. The highest BCUT2D eigenvalue weighted by atomic mass is 19.1. The highest BCUT2D eigenvalue weighted by molar-refractivity contribution is 5.45. The SMILES string of the molecule is F[C@@H]1CNCC[C@@H]1CNc1cncc2nncn12. The Labute approximate surface area is 104 Å². The second kappa shape index (κ2) is 4.85. The number of nitrogens with zero attached hydrogens (tertiary/aromatic N) is 4. The molecule has 3 heterocycles. The van der Waals surface area contributed by atoms with Gasteiger partial charge in [-0.25, -0.2) is 4.39 Å². The van der Waals surface area contributed by atoms with E-state index >= 15 is 0 Å². The van der Waals surface area contributed by atoms with E-state index in [9.17, 15) is 4.39 Å². The summed E-state index contributed by atoms with van der Waals surface area (Å²) in [5.41, 5.74) is 0.683. The van der Waals surface area contributed by atoms with Gasteiger partial charge >= 0.3 is 0 Å². The van der Waals surface area contributed by atoms with Crippen LogP contribution in [-0.4, -0.2) is 45.4 Å². The average Bonchev–Trinajstić information content (AvgIpc) is 2.86. The van der Waals surface area contributed by atoms with Crippen LogP contribution in [0.25, 0.3) is 5.65 Å². The molecule has 0 unspecified atom stereocenters. The molecular formula is C11H15FN6. The van der Waals surface area contributed by atoms with Crippen LogP contribution < -0.4 is 10.6 Å². The van der Waals surface area contributed by atoms with E-state index in [0.717, 1.165) is 18.8 Å². The number of anilines is 1. The number of rotatable bonds is 3. The zero-order chi connectivity index (χ0) is 12.4. The molecule has 0 aliphatic carbocycles. The second-order valence-corrected chi connectivity index (χ2v) is 4.50. The van der Waals surface area contributed by atoms with E-state index in [1.807, 2.05) is 0 Å². The Kier molecular flexibility index (Phi) is 3.06. The summed E-state index contributed by atoms with van der Waals surface area (Å²) >= 11 is 0. The molecule has 1 aliphatic heterocycles. The van der Waals surface area contributed by atoms with Gasteiger partial charge < -0.3 is 10.6 Å². The van der Waals surface area contributed by atoms with Gasteiger partial charge in [-0.15, -0.1) is 10.2 Å². The van der Waals surface area contributed by atoms with Gasteiger partial charge in [0.2, 0.25) is 0 Å². The predicted octanol–water partition coefficient (Wildman–Crippen LogP) is 0.484. The summed E-state index contributed by atoms with van der Waals surface area (Å²) in [4.78, 5) is 4.08. The predicted molar refractivity (Wildman–Crippen MR) is 65.1 cm³/mol. The number of nitrogens with one attached hydrogen (secondary N) is 2. The summed E-state index contributed by atoms with van der Waals surface area (Å²) in [5, 5.41) is 14.0. The lowest BCUT2D eigenvalue weighted by molar-refractivity contribution is 0.189. The van der Waals surface area contributed by atoms with Crippen molar-refractivity contribution < 1.29 is 4.39 Å². The molecule has 2 N–H and O–H groups in total. The first-order valence-electron chi connectivity index (χ1n) is 6.07. The third-order valence-corrected chi connectivity index (χ3v) is 3.31. The summed E-state index contributed by atoms with van der Waals surface area (Å²) in [6.07, 6.45) is 5.01. The Bertz CT molecular complexity index is 527. The van der Waals surface area contributed by atoms with Gasteiger partial charge in [0, 0.05) is 19.0 Å². The van der Waals surface area contributed by atoms with Crippen molar-refractivity contribution in [3.63, 3.8) is 0 Å². The van der Waals surface area contributed by atoms with E-state index in [4.69, 9.17) is 0 Å². The minimum atomic E-state index is -0.792. The van der Waals surface area contributed by atoms with E-state index in [1.54, 1.807) is 23.1 Å². The van der Waals surface area contributed by atoms with Gasteiger partial charge in [-0.1, -0.05) is 0 Å². The number of alkyl halides is 1. The maximum absolute atomic E-state index is 13.7. The van der Waals surface area contributed by atoms with E-state index in [-0.39, 0.29) is 5.92 Å². The molecule has 6 nitrogen and oxygen atoms in total. The Morgan fingerprint density at radius 3 is 3.33 bits per heavy atom. The van der Waals surface area contributed by atoms with Crippen LogP contribution in [0.4, 0.5) is 10.2 Å². The molecule has 2 aromatic rings. The Hall–Kier alpha value is -1.76. The van der Waals surface area contributed by atoms with Crippen molar-refractivity contribution >= 4 is 11.5 Å². The topological polar surface area (TPSA) is 67.1 Å². The molecule has 1 aliphatic rings. The summed E-state index contributed by atoms with van der Waals surface area (Å²) in [6, 6.07) is 0. The zero-order valence-corrected chi connectivity index (χ0v) is 9.88. The number of piperidine rings is 1. The molecule has 1 saturated heterocycles. The molecule has 0 amide bonds. The number of halogens is 1. The molecule has 2 aromatic heterocycles. The van der Waals surface area contributed by atoms with Crippen LogP contribution in [0.3, 0.4) is 0 Å². The van der Waals surface area contributed by atoms with Crippen LogP contribution in [0.15, 0.2) is 18.7 Å². The van der Waals surface area contributed by atoms with Gasteiger partial charge in [0.05, 0.1) is 12.4 Å². The monoisotopic (exact) mass is 250 g/mol. The van der Waals surface area contributed by atoms with Gasteiger partial charge in [0.1, 0.15) is 18.3 Å². The summed E-state index contributed by atoms with van der Waals surface area (Å²) in [5.74, 6) is 0.834. The molecule has 7 heteroatoms. The van der Waals surface area contributed by atoms with Crippen molar-refractivity contribution in [1.82, 2.24) is 24.9 Å². The summed E-state index contributed by atoms with van der Waals surface area (Å²) < 4.78 is 15.5. The van der Waals surface area contributed by atoms with Crippen molar-refractivity contribution in [3.05, 3.63) is 18.7 Å². The lowest BCUT2D eigenvalue weighted by Gasteiger charge is -2.27. The van der Waals surface area contributed by atoms with Crippen LogP contribution in [0, 0.1) is 5.92 Å². The lowest BCUT2D eigenvalue weighted by Crippen LogP contribution is -2.41. The number of hydrogen-bond acceptors (Lipinski definition) is 5. The van der Waals surface area contributed by atoms with Gasteiger partial charge in [0.25, 0.3) is 0 Å². The Balaban J connectivity index is 1.71. The van der Waals surface area contributed by atoms with Crippen molar-refractivity contribution in [1.29, 1.82) is 0 Å². The Morgan fingerprint density at radius 1 is 1.50 bits per heavy atom. The van der Waals surface area contributed by atoms with Gasteiger partial charge in [0.15, 0.2) is 5.65 Å². The molecule has 0 spiro atoms. The van der Waals surface area contributed by atoms with E-state index in [1.165, 1.54) is 0 Å². The largest absolute Gasteiger partial charge is 0.369 e. The van der Waals surface area contributed by atoms with E-state index in [2.05, 4.69) is 25.8 Å². The molecule has 96 valence electrons. The fourth-order valence-corrected chi connectivity index (χ4v) is 2.23. The van der Waals surface area contributed by atoms with Crippen LogP contribution >= 0.6 is 0 Å². The van der Waals surface area contributed by atoms with Crippen molar-refractivity contribution in [2.24, 2.45) is 5.92 Å². The number of fused-ring (bicyclic) bond motifs is 1. The van der Waals surface area contributed by atoms with Crippen LogP contribution in [-0.2, 0) is 0 Å². The molecule has 2 atom stereocenters. The molecule has 3 rings (SSSR count). The van der Waals surface area contributed by atoms with E-state index in [0.29, 0.717) is 18.7 Å². The highest BCUT2D eigenvalue weighted by Gasteiger charge is 2.24. The Morgan fingerprint density at radius 2 is 2.44 bits per heavy atom. The molecule has 0 radical (unpaired) electrons. The fourth-order valence-electron chi connectivity index (χ4n) is 2.23. The standard InChI is InChI=1S/C11H15FN6/c12-9-4-13-2-1-8(9)3-15-10-5-14-6-11-17-16-7-18(10)11/h5-9,13,15H,1-4H2/t8-,9-/m1/s1. The first kappa shape index (κ1) is 11.3. The molecule has 18 heavy (non-hydrogen) atoms. The van der Waals surface area contributed by atoms with E-state index < -0.39 is 6.17 Å². The number of aromatic nitrogens is 4. The third-order valence-electron chi connectivity index (χ3n) is 3.31. The zero-order valence-electron chi connectivity index (χ0n) is 9.88. The normalized spacial score (nSPS) is 24.3. The van der Waals surface area contributed by atoms with Gasteiger partial charge in [-0.3, -0.25) is 9.38 Å². The van der Waals surface area contributed by atoms with Crippen molar-refractivity contribution in [3.8, 4) is 0 Å². The van der Waals surface area contributed by atoms with Gasteiger partial charge in [-0.2, -0.15) is 0 Å². The van der Waals surface area contributed by atoms with Gasteiger partial charge in [-0.05, 0) is 13.0 Å². The van der Waals surface area contributed by atoms with Crippen LogP contribution in [0.5, 0.6) is 0 Å². The highest BCUT2D eigenvalue weighted by Crippen LogP contribution is 2.17. The maximum Gasteiger partial charge on any atom is 0.180 e. The minimum absolute atomic E-state index is 0.0398. The van der Waals surface area contributed by atoms with Crippen molar-refractivity contribution in [2.75, 3.05) is 25.0 Å². The minimum Gasteiger partial charge on any atom is -0.369 e. The lowest BCUT2D eigenvalue weighted by atomic mass is 9.96. The molecule has 0 aromatic carbocycles. The first-order valence-corrected chi connectivity index (χ1v) is 6.07. The molecule has 0 bridgehead atoms. The summed E-state index contributed by atoms with van der Waals surface area (Å²) in [6.45, 7) is 1.92. The fraction of sp³-hybridized carbons (Fsp3) is 0.545. The van der Waals surface area contributed by atoms with Crippen LogP contribution in [0.2, 0.25) is 0 Å².